The molecule has 0 aromatic heterocycles. The fourth-order valence-electron chi connectivity index (χ4n) is 1.83. The largest absolute Gasteiger partial charge is 0.480 e. The Morgan fingerprint density at radius 1 is 1.44 bits per heavy atom. The van der Waals surface area contributed by atoms with Gasteiger partial charge in [-0.05, 0) is 12.5 Å². The van der Waals surface area contributed by atoms with Crippen LogP contribution in [0.3, 0.4) is 0 Å². The van der Waals surface area contributed by atoms with Crippen molar-refractivity contribution in [1.82, 2.24) is 5.32 Å². The number of hydrogen-bond acceptors (Lipinski definition) is 3. The molecule has 1 aliphatic heterocycles. The molecular formula is C13H15NO4. The fraction of sp³-hybridized carbons (Fsp3) is 0.385. The second kappa shape index (κ2) is 4.78. The Balaban J connectivity index is 1.98. The van der Waals surface area contributed by atoms with Crippen LogP contribution in [0.5, 0.6) is 0 Å². The summed E-state index contributed by atoms with van der Waals surface area (Å²) in [7, 11) is 0. The molecule has 96 valence electrons. The number of ether oxygens (including phenoxy) is 1. The molecular weight excluding hydrogens is 234 g/mol. The predicted molar refractivity (Wildman–Crippen MR) is 63.9 cm³/mol. The fourth-order valence-corrected chi connectivity index (χ4v) is 1.83. The van der Waals surface area contributed by atoms with Crippen molar-refractivity contribution in [3.8, 4) is 0 Å². The average Bonchev–Trinajstić information content (AvgIpc) is 2.24. The van der Waals surface area contributed by atoms with Crippen LogP contribution in [-0.4, -0.2) is 30.2 Å². The van der Waals surface area contributed by atoms with Crippen molar-refractivity contribution < 1.29 is 19.4 Å². The number of amides is 1. The zero-order chi connectivity index (χ0) is 13.2. The number of hydrogen-bond donors (Lipinski definition) is 2. The summed E-state index contributed by atoms with van der Waals surface area (Å²) in [6.07, 6.45) is 0. The molecule has 1 aromatic rings. The molecule has 1 heterocycles. The summed E-state index contributed by atoms with van der Waals surface area (Å²) in [6.45, 7) is 2.18. The minimum absolute atomic E-state index is 0.0536. The third-order valence-electron chi connectivity index (χ3n) is 3.08. The van der Waals surface area contributed by atoms with E-state index in [1.54, 1.807) is 0 Å². The maximum absolute atomic E-state index is 11.9. The van der Waals surface area contributed by atoms with Crippen molar-refractivity contribution >= 4 is 11.9 Å². The van der Waals surface area contributed by atoms with Crippen molar-refractivity contribution in [1.29, 1.82) is 0 Å². The van der Waals surface area contributed by atoms with Crippen LogP contribution >= 0.6 is 0 Å². The van der Waals surface area contributed by atoms with E-state index in [0.717, 1.165) is 11.1 Å². The van der Waals surface area contributed by atoms with Gasteiger partial charge in [0.2, 0.25) is 5.91 Å². The van der Waals surface area contributed by atoms with Crippen molar-refractivity contribution in [3.63, 3.8) is 0 Å². The zero-order valence-electron chi connectivity index (χ0n) is 10.1. The first-order valence-corrected chi connectivity index (χ1v) is 5.69. The van der Waals surface area contributed by atoms with Crippen molar-refractivity contribution in [2.24, 2.45) is 5.41 Å². The van der Waals surface area contributed by atoms with Crippen LogP contribution < -0.4 is 5.32 Å². The number of aliphatic carboxylic acids is 1. The summed E-state index contributed by atoms with van der Waals surface area (Å²) in [6, 6.07) is 7.70. The van der Waals surface area contributed by atoms with Crippen LogP contribution in [0.15, 0.2) is 24.3 Å². The molecule has 2 rings (SSSR count). The Morgan fingerprint density at radius 2 is 2.17 bits per heavy atom. The van der Waals surface area contributed by atoms with Crippen LogP contribution in [0.25, 0.3) is 0 Å². The van der Waals surface area contributed by atoms with Crippen LogP contribution in [0, 0.1) is 12.3 Å². The Bertz CT molecular complexity index is 480. The first kappa shape index (κ1) is 12.6. The minimum atomic E-state index is -1.40. The van der Waals surface area contributed by atoms with Crippen molar-refractivity contribution in [3.05, 3.63) is 35.4 Å². The van der Waals surface area contributed by atoms with Crippen LogP contribution in [0.2, 0.25) is 0 Å². The van der Waals surface area contributed by atoms with Crippen molar-refractivity contribution in [2.75, 3.05) is 13.2 Å². The second-order valence-electron chi connectivity index (χ2n) is 4.55. The van der Waals surface area contributed by atoms with Gasteiger partial charge in [-0.15, -0.1) is 0 Å². The lowest BCUT2D eigenvalue weighted by molar-refractivity contribution is -0.185. The molecule has 2 N–H and O–H groups in total. The van der Waals surface area contributed by atoms with E-state index in [-0.39, 0.29) is 13.2 Å². The monoisotopic (exact) mass is 249 g/mol. The van der Waals surface area contributed by atoms with E-state index in [9.17, 15) is 9.59 Å². The highest BCUT2D eigenvalue weighted by Gasteiger charge is 2.53. The van der Waals surface area contributed by atoms with Gasteiger partial charge < -0.3 is 15.2 Å². The van der Waals surface area contributed by atoms with E-state index >= 15 is 0 Å². The van der Waals surface area contributed by atoms with Crippen LogP contribution in [0.4, 0.5) is 0 Å². The first-order chi connectivity index (χ1) is 8.54. The maximum atomic E-state index is 11.9. The molecule has 0 bridgehead atoms. The molecule has 0 atom stereocenters. The summed E-state index contributed by atoms with van der Waals surface area (Å²) in [5.41, 5.74) is 0.648. The molecule has 1 amide bonds. The molecule has 0 saturated carbocycles. The quantitative estimate of drug-likeness (QED) is 0.771. The summed E-state index contributed by atoms with van der Waals surface area (Å²) >= 11 is 0. The number of carbonyl (C=O) groups is 2. The van der Waals surface area contributed by atoms with Gasteiger partial charge in [-0.2, -0.15) is 0 Å². The number of nitrogens with one attached hydrogen (secondary N) is 1. The van der Waals surface area contributed by atoms with Gasteiger partial charge in [0, 0.05) is 6.54 Å². The smallest absolute Gasteiger partial charge is 0.324 e. The number of carboxylic acids is 1. The highest BCUT2D eigenvalue weighted by Crippen LogP contribution is 2.28. The van der Waals surface area contributed by atoms with Gasteiger partial charge in [-0.25, -0.2) is 0 Å². The average molecular weight is 249 g/mol. The molecule has 0 radical (unpaired) electrons. The third-order valence-corrected chi connectivity index (χ3v) is 3.08. The number of carboxylic acid groups (broad SMARTS) is 1. The minimum Gasteiger partial charge on any atom is -0.480 e. The summed E-state index contributed by atoms with van der Waals surface area (Å²) in [5, 5.41) is 11.7. The Labute approximate surface area is 105 Å². The van der Waals surface area contributed by atoms with E-state index in [0.29, 0.717) is 6.54 Å². The predicted octanol–water partition coefficient (Wildman–Crippen LogP) is 0.712. The lowest BCUT2D eigenvalue weighted by atomic mass is 9.85. The summed E-state index contributed by atoms with van der Waals surface area (Å²) < 4.78 is 4.85. The third kappa shape index (κ3) is 2.22. The maximum Gasteiger partial charge on any atom is 0.324 e. The molecule has 1 aromatic carbocycles. The highest BCUT2D eigenvalue weighted by atomic mass is 16.5. The topological polar surface area (TPSA) is 75.6 Å². The molecule has 5 nitrogen and oxygen atoms in total. The lowest BCUT2D eigenvalue weighted by Crippen LogP contribution is -2.58. The first-order valence-electron chi connectivity index (χ1n) is 5.69. The van der Waals surface area contributed by atoms with E-state index in [4.69, 9.17) is 9.84 Å². The lowest BCUT2D eigenvalue weighted by Gasteiger charge is -2.35. The number of rotatable bonds is 4. The Kier molecular flexibility index (Phi) is 3.34. The molecule has 5 heteroatoms. The van der Waals surface area contributed by atoms with Crippen molar-refractivity contribution in [2.45, 2.75) is 13.5 Å². The van der Waals surface area contributed by atoms with Gasteiger partial charge in [0.05, 0.1) is 13.2 Å². The van der Waals surface area contributed by atoms with Crippen LogP contribution in [0.1, 0.15) is 11.1 Å². The Hall–Kier alpha value is -1.88. The molecule has 18 heavy (non-hydrogen) atoms. The highest BCUT2D eigenvalue weighted by molar-refractivity contribution is 6.03. The van der Waals surface area contributed by atoms with E-state index in [1.165, 1.54) is 0 Å². The summed E-state index contributed by atoms with van der Waals surface area (Å²) in [5.74, 6) is -1.61. The Morgan fingerprint density at radius 3 is 2.67 bits per heavy atom. The standard InChI is InChI=1S/C13H15NO4/c1-9-3-2-4-10(5-9)6-14-11(15)13(12(16)17)7-18-8-13/h2-5H,6-8H2,1H3,(H,14,15)(H,16,17). The molecule has 0 spiro atoms. The number of carbonyl (C=O) groups excluding carboxylic acids is 1. The van der Waals surface area contributed by atoms with E-state index in [2.05, 4.69) is 5.32 Å². The van der Waals surface area contributed by atoms with Gasteiger partial charge in [0.15, 0.2) is 5.41 Å². The van der Waals surface area contributed by atoms with Gasteiger partial charge >= 0.3 is 5.97 Å². The molecule has 0 unspecified atom stereocenters. The summed E-state index contributed by atoms with van der Waals surface area (Å²) in [4.78, 5) is 22.9. The molecule has 0 aliphatic carbocycles. The number of aryl methyl sites for hydroxylation is 1. The molecule has 1 fully saturated rings. The molecule has 1 saturated heterocycles. The van der Waals surface area contributed by atoms with E-state index < -0.39 is 17.3 Å². The van der Waals surface area contributed by atoms with Gasteiger partial charge in [0.1, 0.15) is 0 Å². The number of benzene rings is 1. The van der Waals surface area contributed by atoms with Crippen LogP contribution in [-0.2, 0) is 20.9 Å². The normalized spacial score (nSPS) is 16.7. The zero-order valence-corrected chi connectivity index (χ0v) is 10.1. The SMILES string of the molecule is Cc1cccc(CNC(=O)C2(C(=O)O)COC2)c1. The molecule has 1 aliphatic rings. The van der Waals surface area contributed by atoms with Gasteiger partial charge in [0.25, 0.3) is 0 Å². The van der Waals surface area contributed by atoms with E-state index in [1.807, 2.05) is 31.2 Å². The second-order valence-corrected chi connectivity index (χ2v) is 4.55. The van der Waals surface area contributed by atoms with Gasteiger partial charge in [-0.1, -0.05) is 29.8 Å². The van der Waals surface area contributed by atoms with Gasteiger partial charge in [-0.3, -0.25) is 9.59 Å².